The Bertz CT molecular complexity index is 447. The Labute approximate surface area is 114 Å². The van der Waals surface area contributed by atoms with Crippen LogP contribution >= 0.6 is 15.9 Å². The van der Waals surface area contributed by atoms with Crippen LogP contribution in [0, 0.1) is 5.82 Å². The van der Waals surface area contributed by atoms with Crippen LogP contribution in [-0.4, -0.2) is 30.0 Å². The van der Waals surface area contributed by atoms with Crippen molar-refractivity contribution in [1.82, 2.24) is 4.90 Å². The third-order valence-corrected chi connectivity index (χ3v) is 3.58. The quantitative estimate of drug-likeness (QED) is 0.858. The molecular formula is C13H15BrFNO2. The minimum absolute atomic E-state index is 0.0104. The molecule has 1 aromatic rings. The topological polar surface area (TPSA) is 29.5 Å². The largest absolute Gasteiger partial charge is 0.480 e. The van der Waals surface area contributed by atoms with Gasteiger partial charge in [0.05, 0.1) is 4.47 Å². The Morgan fingerprint density at radius 1 is 1.44 bits per heavy atom. The second-order valence-corrected chi connectivity index (χ2v) is 5.22. The number of likely N-dealkylation sites (tertiary alicyclic amines) is 1. The molecule has 0 aliphatic carbocycles. The highest BCUT2D eigenvalue weighted by Crippen LogP contribution is 2.26. The summed E-state index contributed by atoms with van der Waals surface area (Å²) in [5, 5.41) is 0. The molecule has 1 amide bonds. The summed E-state index contributed by atoms with van der Waals surface area (Å²) in [5.41, 5.74) is 0. The molecule has 98 valence electrons. The molecule has 1 saturated heterocycles. The van der Waals surface area contributed by atoms with Gasteiger partial charge in [0.15, 0.2) is 6.10 Å². The van der Waals surface area contributed by atoms with Gasteiger partial charge >= 0.3 is 0 Å². The fraction of sp³-hybridized carbons (Fsp3) is 0.462. The van der Waals surface area contributed by atoms with Crippen molar-refractivity contribution in [2.75, 3.05) is 13.1 Å². The molecule has 0 aromatic heterocycles. The Morgan fingerprint density at radius 3 is 2.72 bits per heavy atom. The first-order valence-electron chi connectivity index (χ1n) is 5.98. The van der Waals surface area contributed by atoms with Gasteiger partial charge in [0, 0.05) is 13.1 Å². The molecule has 0 radical (unpaired) electrons. The Hall–Kier alpha value is -1.10. The summed E-state index contributed by atoms with van der Waals surface area (Å²) >= 11 is 3.22. The number of amides is 1. The van der Waals surface area contributed by atoms with E-state index < -0.39 is 6.10 Å². The van der Waals surface area contributed by atoms with Gasteiger partial charge in [-0.2, -0.15) is 0 Å². The molecule has 0 N–H and O–H groups in total. The maximum absolute atomic E-state index is 12.9. The number of carbonyl (C=O) groups is 1. The first-order chi connectivity index (χ1) is 8.58. The molecule has 5 heteroatoms. The number of hydrogen-bond donors (Lipinski definition) is 0. The van der Waals surface area contributed by atoms with Gasteiger partial charge in [0.25, 0.3) is 5.91 Å². The highest BCUT2D eigenvalue weighted by Gasteiger charge is 2.24. The summed E-state index contributed by atoms with van der Waals surface area (Å²) in [6.07, 6.45) is 1.56. The summed E-state index contributed by atoms with van der Waals surface area (Å²) in [5.74, 6) is 0.132. The van der Waals surface area contributed by atoms with Crippen LogP contribution in [0.25, 0.3) is 0 Å². The van der Waals surface area contributed by atoms with Crippen LogP contribution in [0.5, 0.6) is 5.75 Å². The molecule has 1 aliphatic rings. The van der Waals surface area contributed by atoms with Crippen molar-refractivity contribution in [2.24, 2.45) is 0 Å². The average molecular weight is 316 g/mol. The van der Waals surface area contributed by atoms with Crippen molar-refractivity contribution in [2.45, 2.75) is 25.9 Å². The van der Waals surface area contributed by atoms with E-state index in [1.165, 1.54) is 18.2 Å². The SMILES string of the molecule is CC(Oc1ccc(F)cc1Br)C(=O)N1CCCC1. The van der Waals surface area contributed by atoms with Crippen molar-refractivity contribution >= 4 is 21.8 Å². The van der Waals surface area contributed by atoms with Crippen molar-refractivity contribution in [3.05, 3.63) is 28.5 Å². The summed E-state index contributed by atoms with van der Waals surface area (Å²) in [6.45, 7) is 3.32. The second kappa shape index (κ2) is 5.69. The molecule has 2 rings (SSSR count). The Balaban J connectivity index is 2.01. The highest BCUT2D eigenvalue weighted by molar-refractivity contribution is 9.10. The predicted octanol–water partition coefficient (Wildman–Crippen LogP) is 2.98. The Kier molecular flexibility index (Phi) is 4.22. The van der Waals surface area contributed by atoms with E-state index in [-0.39, 0.29) is 11.7 Å². The fourth-order valence-electron chi connectivity index (χ4n) is 2.01. The molecule has 1 atom stereocenters. The number of rotatable bonds is 3. The molecule has 3 nitrogen and oxygen atoms in total. The van der Waals surface area contributed by atoms with Gasteiger partial charge in [-0.1, -0.05) is 0 Å². The second-order valence-electron chi connectivity index (χ2n) is 4.37. The minimum atomic E-state index is -0.551. The number of carbonyl (C=O) groups excluding carboxylic acids is 1. The molecule has 1 heterocycles. The number of ether oxygens (including phenoxy) is 1. The summed E-state index contributed by atoms with van der Waals surface area (Å²) < 4.78 is 19.0. The molecule has 1 aliphatic heterocycles. The first-order valence-corrected chi connectivity index (χ1v) is 6.78. The average Bonchev–Trinajstić information content (AvgIpc) is 2.85. The molecule has 1 aromatic carbocycles. The minimum Gasteiger partial charge on any atom is -0.480 e. The smallest absolute Gasteiger partial charge is 0.263 e. The third kappa shape index (κ3) is 3.02. The predicted molar refractivity (Wildman–Crippen MR) is 70.0 cm³/mol. The maximum atomic E-state index is 12.9. The van der Waals surface area contributed by atoms with E-state index in [1.807, 2.05) is 4.90 Å². The molecule has 1 fully saturated rings. The zero-order chi connectivity index (χ0) is 13.1. The van der Waals surface area contributed by atoms with E-state index in [9.17, 15) is 9.18 Å². The standard InChI is InChI=1S/C13H15BrFNO2/c1-9(13(17)16-6-2-3-7-16)18-12-5-4-10(15)8-11(12)14/h4-5,8-9H,2-3,6-7H2,1H3. The lowest BCUT2D eigenvalue weighted by Crippen LogP contribution is -2.38. The lowest BCUT2D eigenvalue weighted by atomic mass is 10.3. The summed E-state index contributed by atoms with van der Waals surface area (Å²) in [4.78, 5) is 13.8. The number of hydrogen-bond acceptors (Lipinski definition) is 2. The van der Waals surface area contributed by atoms with Crippen molar-refractivity contribution in [3.63, 3.8) is 0 Å². The van der Waals surface area contributed by atoms with Crippen LogP contribution in [0.15, 0.2) is 22.7 Å². The maximum Gasteiger partial charge on any atom is 0.263 e. The fourth-order valence-corrected chi connectivity index (χ4v) is 2.45. The monoisotopic (exact) mass is 315 g/mol. The van der Waals surface area contributed by atoms with Crippen LogP contribution in [0.2, 0.25) is 0 Å². The summed E-state index contributed by atoms with van der Waals surface area (Å²) in [7, 11) is 0. The molecular weight excluding hydrogens is 301 g/mol. The zero-order valence-corrected chi connectivity index (χ0v) is 11.7. The van der Waals surface area contributed by atoms with Gasteiger partial charge in [-0.25, -0.2) is 4.39 Å². The number of nitrogens with zero attached hydrogens (tertiary/aromatic N) is 1. The third-order valence-electron chi connectivity index (χ3n) is 2.96. The zero-order valence-electron chi connectivity index (χ0n) is 10.2. The van der Waals surface area contributed by atoms with Gasteiger partial charge < -0.3 is 9.64 Å². The first kappa shape index (κ1) is 13.3. The van der Waals surface area contributed by atoms with E-state index in [0.717, 1.165) is 25.9 Å². The van der Waals surface area contributed by atoms with Crippen LogP contribution < -0.4 is 4.74 Å². The van der Waals surface area contributed by atoms with E-state index in [2.05, 4.69) is 15.9 Å². The summed E-state index contributed by atoms with van der Waals surface area (Å²) in [6, 6.07) is 4.16. The van der Waals surface area contributed by atoms with Gasteiger partial charge in [-0.15, -0.1) is 0 Å². The van der Waals surface area contributed by atoms with Crippen molar-refractivity contribution in [3.8, 4) is 5.75 Å². The van der Waals surface area contributed by atoms with E-state index >= 15 is 0 Å². The highest BCUT2D eigenvalue weighted by atomic mass is 79.9. The van der Waals surface area contributed by atoms with Crippen molar-refractivity contribution < 1.29 is 13.9 Å². The van der Waals surface area contributed by atoms with Gasteiger partial charge in [-0.05, 0) is 53.9 Å². The molecule has 0 saturated carbocycles. The van der Waals surface area contributed by atoms with Gasteiger partial charge in [-0.3, -0.25) is 4.79 Å². The van der Waals surface area contributed by atoms with Crippen molar-refractivity contribution in [1.29, 1.82) is 0 Å². The van der Waals surface area contributed by atoms with Gasteiger partial charge in [0.1, 0.15) is 11.6 Å². The van der Waals surface area contributed by atoms with Crippen LogP contribution in [-0.2, 0) is 4.79 Å². The molecule has 18 heavy (non-hydrogen) atoms. The van der Waals surface area contributed by atoms with Gasteiger partial charge in [0.2, 0.25) is 0 Å². The van der Waals surface area contributed by atoms with Crippen LogP contribution in [0.4, 0.5) is 4.39 Å². The van der Waals surface area contributed by atoms with E-state index in [4.69, 9.17) is 4.74 Å². The lowest BCUT2D eigenvalue weighted by molar-refractivity contribution is -0.136. The molecule has 1 unspecified atom stereocenters. The van der Waals surface area contributed by atoms with E-state index in [0.29, 0.717) is 10.2 Å². The van der Waals surface area contributed by atoms with Crippen LogP contribution in [0.1, 0.15) is 19.8 Å². The Morgan fingerprint density at radius 2 is 2.11 bits per heavy atom. The number of halogens is 2. The van der Waals surface area contributed by atoms with E-state index in [1.54, 1.807) is 6.92 Å². The lowest BCUT2D eigenvalue weighted by Gasteiger charge is -2.21. The van der Waals surface area contributed by atoms with Crippen LogP contribution in [0.3, 0.4) is 0 Å². The normalized spacial score (nSPS) is 16.7. The number of benzene rings is 1. The molecule has 0 spiro atoms. The molecule has 0 bridgehead atoms.